The standard InChI is InChI=1S/C20H26N4O4/c1-13(18(25)21-15-7-5-4-6-8-15)24-19(26)17(22-20(23-24)28-3)14-9-11-16(27-2)12-10-14/h9-13,15H,4-8H2,1-3H3,(H,21,25). The quantitative estimate of drug-likeness (QED) is 0.819. The van der Waals surface area contributed by atoms with Gasteiger partial charge < -0.3 is 14.8 Å². The molecule has 0 bridgehead atoms. The summed E-state index contributed by atoms with van der Waals surface area (Å²) in [6.07, 6.45) is 5.37. The number of aromatic nitrogens is 3. The second-order valence-electron chi connectivity index (χ2n) is 6.94. The van der Waals surface area contributed by atoms with E-state index in [0.717, 1.165) is 30.4 Å². The fourth-order valence-corrected chi connectivity index (χ4v) is 3.38. The summed E-state index contributed by atoms with van der Waals surface area (Å²) >= 11 is 0. The van der Waals surface area contributed by atoms with Crippen molar-refractivity contribution in [2.24, 2.45) is 0 Å². The van der Waals surface area contributed by atoms with E-state index in [1.54, 1.807) is 38.3 Å². The van der Waals surface area contributed by atoms with Crippen molar-refractivity contribution < 1.29 is 14.3 Å². The highest BCUT2D eigenvalue weighted by atomic mass is 16.5. The van der Waals surface area contributed by atoms with E-state index in [4.69, 9.17) is 9.47 Å². The summed E-state index contributed by atoms with van der Waals surface area (Å²) in [5, 5.41) is 7.15. The Morgan fingerprint density at radius 3 is 2.43 bits per heavy atom. The van der Waals surface area contributed by atoms with Crippen LogP contribution in [0.2, 0.25) is 0 Å². The maximum Gasteiger partial charge on any atom is 0.334 e. The van der Waals surface area contributed by atoms with Crippen LogP contribution in [0.25, 0.3) is 11.3 Å². The van der Waals surface area contributed by atoms with Crippen LogP contribution in [0, 0.1) is 0 Å². The zero-order valence-corrected chi connectivity index (χ0v) is 16.5. The van der Waals surface area contributed by atoms with Crippen molar-refractivity contribution in [1.82, 2.24) is 20.1 Å². The van der Waals surface area contributed by atoms with E-state index < -0.39 is 11.6 Å². The lowest BCUT2D eigenvalue weighted by molar-refractivity contribution is -0.125. The van der Waals surface area contributed by atoms with Gasteiger partial charge >= 0.3 is 6.01 Å². The first kappa shape index (κ1) is 19.9. The first-order chi connectivity index (χ1) is 13.5. The number of carbonyl (C=O) groups is 1. The van der Waals surface area contributed by atoms with Gasteiger partial charge in [0, 0.05) is 11.6 Å². The molecule has 8 nitrogen and oxygen atoms in total. The highest BCUT2D eigenvalue weighted by molar-refractivity contribution is 5.80. The minimum Gasteiger partial charge on any atom is -0.497 e. The molecule has 1 fully saturated rings. The van der Waals surface area contributed by atoms with Crippen LogP contribution in [-0.4, -0.2) is 40.9 Å². The number of carbonyl (C=O) groups excluding carboxylic acids is 1. The summed E-state index contributed by atoms with van der Waals surface area (Å²) in [7, 11) is 3.00. The monoisotopic (exact) mass is 386 g/mol. The molecule has 1 heterocycles. The Morgan fingerprint density at radius 2 is 1.82 bits per heavy atom. The molecule has 1 aromatic carbocycles. The van der Waals surface area contributed by atoms with E-state index in [-0.39, 0.29) is 23.7 Å². The van der Waals surface area contributed by atoms with Gasteiger partial charge in [0.25, 0.3) is 5.56 Å². The lowest BCUT2D eigenvalue weighted by Crippen LogP contribution is -2.43. The first-order valence-corrected chi connectivity index (χ1v) is 9.53. The van der Waals surface area contributed by atoms with Crippen LogP contribution in [0.5, 0.6) is 11.8 Å². The Kier molecular flexibility index (Phi) is 6.28. The fraction of sp³-hybridized carbons (Fsp3) is 0.500. The van der Waals surface area contributed by atoms with Crippen LogP contribution in [0.4, 0.5) is 0 Å². The molecule has 2 aromatic rings. The van der Waals surface area contributed by atoms with Gasteiger partial charge in [0.15, 0.2) is 0 Å². The number of nitrogens with one attached hydrogen (secondary N) is 1. The summed E-state index contributed by atoms with van der Waals surface area (Å²) in [6.45, 7) is 1.66. The van der Waals surface area contributed by atoms with Gasteiger partial charge in [-0.25, -0.2) is 4.68 Å². The molecule has 1 unspecified atom stereocenters. The van der Waals surface area contributed by atoms with Gasteiger partial charge in [-0.1, -0.05) is 19.3 Å². The third-order valence-corrected chi connectivity index (χ3v) is 5.06. The van der Waals surface area contributed by atoms with E-state index >= 15 is 0 Å². The summed E-state index contributed by atoms with van der Waals surface area (Å²) in [6, 6.07) is 6.37. The molecule has 1 aromatic heterocycles. The number of amides is 1. The van der Waals surface area contributed by atoms with Gasteiger partial charge in [-0.3, -0.25) is 9.59 Å². The van der Waals surface area contributed by atoms with Gasteiger partial charge in [-0.05, 0) is 44.0 Å². The van der Waals surface area contributed by atoms with Gasteiger partial charge in [0.1, 0.15) is 17.5 Å². The van der Waals surface area contributed by atoms with E-state index in [0.29, 0.717) is 11.3 Å². The van der Waals surface area contributed by atoms with E-state index in [1.165, 1.54) is 13.5 Å². The van der Waals surface area contributed by atoms with Crippen LogP contribution < -0.4 is 20.3 Å². The number of ether oxygens (including phenoxy) is 2. The highest BCUT2D eigenvalue weighted by Gasteiger charge is 2.24. The summed E-state index contributed by atoms with van der Waals surface area (Å²) in [5.74, 6) is 0.445. The van der Waals surface area contributed by atoms with Crippen molar-refractivity contribution in [2.75, 3.05) is 14.2 Å². The zero-order chi connectivity index (χ0) is 20.1. The Bertz CT molecular complexity index is 873. The zero-order valence-electron chi connectivity index (χ0n) is 16.5. The van der Waals surface area contributed by atoms with Crippen molar-refractivity contribution >= 4 is 5.91 Å². The van der Waals surface area contributed by atoms with E-state index in [1.807, 2.05) is 0 Å². The molecule has 1 saturated carbocycles. The highest BCUT2D eigenvalue weighted by Crippen LogP contribution is 2.21. The molecule has 0 radical (unpaired) electrons. The third-order valence-electron chi connectivity index (χ3n) is 5.06. The second kappa shape index (κ2) is 8.86. The topological polar surface area (TPSA) is 95.3 Å². The number of nitrogens with zero attached hydrogens (tertiary/aromatic N) is 3. The Labute approximate surface area is 163 Å². The molecule has 150 valence electrons. The van der Waals surface area contributed by atoms with Gasteiger partial charge in [0.05, 0.1) is 14.2 Å². The molecule has 0 aliphatic heterocycles. The lowest BCUT2D eigenvalue weighted by atomic mass is 9.95. The fourth-order valence-electron chi connectivity index (χ4n) is 3.38. The summed E-state index contributed by atoms with van der Waals surface area (Å²) < 4.78 is 11.5. The van der Waals surface area contributed by atoms with Crippen LogP contribution in [0.3, 0.4) is 0 Å². The number of hydrogen-bond acceptors (Lipinski definition) is 6. The predicted octanol–water partition coefficient (Wildman–Crippen LogP) is 2.33. The minimum atomic E-state index is -0.775. The molecule has 8 heteroatoms. The molecule has 3 rings (SSSR count). The van der Waals surface area contributed by atoms with Gasteiger partial charge in [-0.15, -0.1) is 5.10 Å². The number of methoxy groups -OCH3 is 2. The largest absolute Gasteiger partial charge is 0.497 e. The molecule has 0 spiro atoms. The third kappa shape index (κ3) is 4.32. The van der Waals surface area contributed by atoms with Crippen molar-refractivity contribution in [3.63, 3.8) is 0 Å². The number of hydrogen-bond donors (Lipinski definition) is 1. The molecule has 1 amide bonds. The Hall–Kier alpha value is -2.90. The molecular formula is C20H26N4O4. The van der Waals surface area contributed by atoms with Crippen LogP contribution in [0.15, 0.2) is 29.1 Å². The molecule has 28 heavy (non-hydrogen) atoms. The van der Waals surface area contributed by atoms with E-state index in [9.17, 15) is 9.59 Å². The molecule has 1 atom stereocenters. The summed E-state index contributed by atoms with van der Waals surface area (Å²) in [4.78, 5) is 29.9. The average Bonchev–Trinajstić information content (AvgIpc) is 2.74. The second-order valence-corrected chi connectivity index (χ2v) is 6.94. The first-order valence-electron chi connectivity index (χ1n) is 9.53. The minimum absolute atomic E-state index is 0.0303. The maximum atomic E-state index is 13.0. The summed E-state index contributed by atoms with van der Waals surface area (Å²) in [5.41, 5.74) is 0.323. The van der Waals surface area contributed by atoms with Crippen LogP contribution in [-0.2, 0) is 4.79 Å². The average molecular weight is 386 g/mol. The number of benzene rings is 1. The molecule has 0 saturated heterocycles. The van der Waals surface area contributed by atoms with Crippen molar-refractivity contribution in [1.29, 1.82) is 0 Å². The Morgan fingerprint density at radius 1 is 1.14 bits per heavy atom. The van der Waals surface area contributed by atoms with Crippen LogP contribution >= 0.6 is 0 Å². The van der Waals surface area contributed by atoms with Crippen molar-refractivity contribution in [3.05, 3.63) is 34.6 Å². The van der Waals surface area contributed by atoms with Gasteiger partial charge in [0.2, 0.25) is 5.91 Å². The Balaban J connectivity index is 1.91. The van der Waals surface area contributed by atoms with Crippen molar-refractivity contribution in [2.45, 2.75) is 51.1 Å². The normalized spacial score (nSPS) is 15.7. The molecule has 1 aliphatic carbocycles. The molecule has 1 aliphatic rings. The number of rotatable bonds is 6. The maximum absolute atomic E-state index is 13.0. The van der Waals surface area contributed by atoms with Crippen molar-refractivity contribution in [3.8, 4) is 23.0 Å². The van der Waals surface area contributed by atoms with Gasteiger partial charge in [-0.2, -0.15) is 4.98 Å². The lowest BCUT2D eigenvalue weighted by Gasteiger charge is -2.24. The SMILES string of the molecule is COc1ccc(-c2nc(OC)nn(C(C)C(=O)NC3CCCCC3)c2=O)cc1. The van der Waals surface area contributed by atoms with E-state index in [2.05, 4.69) is 15.4 Å². The smallest absolute Gasteiger partial charge is 0.334 e. The molecule has 1 N–H and O–H groups in total. The predicted molar refractivity (Wildman–Crippen MR) is 105 cm³/mol. The molecular weight excluding hydrogens is 360 g/mol. The van der Waals surface area contributed by atoms with Crippen LogP contribution in [0.1, 0.15) is 45.1 Å².